The Morgan fingerprint density at radius 2 is 1.59 bits per heavy atom. The number of benzene rings is 2. The Balaban J connectivity index is 1.78. The van der Waals surface area contributed by atoms with E-state index in [-0.39, 0.29) is 5.41 Å². The highest BCUT2D eigenvalue weighted by Crippen LogP contribution is 2.28. The first-order valence-electron chi connectivity index (χ1n) is 9.73. The first-order valence-corrected chi connectivity index (χ1v) is 9.73. The van der Waals surface area contributed by atoms with Crippen LogP contribution in [0.5, 0.6) is 0 Å². The highest BCUT2D eigenvalue weighted by Gasteiger charge is 2.34. The Labute approximate surface area is 171 Å². The normalized spacial score (nSPS) is 14.8. The van der Waals surface area contributed by atoms with Gasteiger partial charge in [0.1, 0.15) is 5.71 Å². The smallest absolute Gasteiger partial charge is 0.204 e. The molecule has 0 amide bonds. The van der Waals surface area contributed by atoms with Crippen molar-refractivity contribution in [2.45, 2.75) is 27.7 Å². The Morgan fingerprint density at radius 1 is 0.931 bits per heavy atom. The first kappa shape index (κ1) is 19.1. The fraction of sp³-hybridized carbons (Fsp3) is 0.304. The van der Waals surface area contributed by atoms with Crippen molar-refractivity contribution in [3.05, 3.63) is 59.9 Å². The van der Waals surface area contributed by atoms with E-state index in [0.29, 0.717) is 11.6 Å². The second-order valence-corrected chi connectivity index (χ2v) is 8.58. The van der Waals surface area contributed by atoms with Crippen LogP contribution < -0.4 is 4.90 Å². The van der Waals surface area contributed by atoms with Gasteiger partial charge < -0.3 is 4.90 Å². The van der Waals surface area contributed by atoms with Gasteiger partial charge in [0.2, 0.25) is 5.82 Å². The van der Waals surface area contributed by atoms with Crippen molar-refractivity contribution >= 4 is 22.8 Å². The molecule has 1 aromatic heterocycles. The zero-order valence-electron chi connectivity index (χ0n) is 17.8. The molecule has 0 spiro atoms. The van der Waals surface area contributed by atoms with Crippen molar-refractivity contribution in [3.63, 3.8) is 0 Å². The van der Waals surface area contributed by atoms with Gasteiger partial charge >= 0.3 is 0 Å². The van der Waals surface area contributed by atoms with E-state index in [0.717, 1.165) is 28.4 Å². The van der Waals surface area contributed by atoms with E-state index >= 15 is 0 Å². The van der Waals surface area contributed by atoms with Crippen molar-refractivity contribution in [1.82, 2.24) is 14.9 Å². The molecule has 0 fully saturated rings. The molecule has 0 unspecified atom stereocenters. The van der Waals surface area contributed by atoms with Crippen LogP contribution in [-0.4, -0.2) is 40.4 Å². The number of aryl methyl sites for hydroxylation is 1. The summed E-state index contributed by atoms with van der Waals surface area (Å²) in [5.41, 5.74) is 5.68. The minimum absolute atomic E-state index is 0.172. The zero-order chi connectivity index (χ0) is 20.8. The Morgan fingerprint density at radius 3 is 2.17 bits per heavy atom. The molecular formula is C23H26N6. The summed E-state index contributed by atoms with van der Waals surface area (Å²) in [5.74, 6) is 1.34. The average Bonchev–Trinajstić information content (AvgIpc) is 3.22. The molecule has 2 heterocycles. The lowest BCUT2D eigenvalue weighted by atomic mass is 9.87. The number of hydrogen-bond acceptors (Lipinski definition) is 5. The molecule has 0 aliphatic carbocycles. The van der Waals surface area contributed by atoms with E-state index in [4.69, 9.17) is 15.1 Å². The Kier molecular flexibility index (Phi) is 4.57. The number of aromatic nitrogens is 3. The summed E-state index contributed by atoms with van der Waals surface area (Å²) >= 11 is 0. The topological polar surface area (TPSA) is 58.7 Å². The summed E-state index contributed by atoms with van der Waals surface area (Å²) in [4.78, 5) is 13.4. The Bertz CT molecular complexity index is 1090. The van der Waals surface area contributed by atoms with Crippen LogP contribution in [-0.2, 0) is 0 Å². The molecule has 0 N–H and O–H groups in total. The van der Waals surface area contributed by atoms with E-state index in [1.165, 1.54) is 5.56 Å². The van der Waals surface area contributed by atoms with Gasteiger partial charge in [0, 0.05) is 30.8 Å². The van der Waals surface area contributed by atoms with Gasteiger partial charge in [0.15, 0.2) is 5.82 Å². The van der Waals surface area contributed by atoms with Gasteiger partial charge in [-0.05, 0) is 31.2 Å². The van der Waals surface area contributed by atoms with Crippen LogP contribution in [0.15, 0.2) is 58.6 Å². The fourth-order valence-corrected chi connectivity index (χ4v) is 3.16. The summed E-state index contributed by atoms with van der Waals surface area (Å²) < 4.78 is 0. The van der Waals surface area contributed by atoms with E-state index in [9.17, 15) is 0 Å². The van der Waals surface area contributed by atoms with Crippen molar-refractivity contribution in [1.29, 1.82) is 0 Å². The number of aliphatic imine (C=N–C) groups is 1. The van der Waals surface area contributed by atoms with E-state index in [1.54, 1.807) is 4.79 Å². The predicted octanol–water partition coefficient (Wildman–Crippen LogP) is 4.70. The van der Waals surface area contributed by atoms with Crippen LogP contribution in [0.25, 0.3) is 11.4 Å². The SMILES string of the molecule is Cc1ccc(-c2nc3n(n2)N=C(C(C)(C)C)C3=Nc2ccc(N(C)C)cc2)cc1. The van der Waals surface area contributed by atoms with Crippen LogP contribution in [0.1, 0.15) is 32.2 Å². The fourth-order valence-electron chi connectivity index (χ4n) is 3.16. The summed E-state index contributed by atoms with van der Waals surface area (Å²) in [6.07, 6.45) is 0. The number of hydrogen-bond donors (Lipinski definition) is 0. The molecule has 6 heteroatoms. The molecule has 0 saturated heterocycles. The van der Waals surface area contributed by atoms with Crippen LogP contribution in [0.3, 0.4) is 0 Å². The third-order valence-corrected chi connectivity index (χ3v) is 4.85. The summed E-state index contributed by atoms with van der Waals surface area (Å²) in [7, 11) is 4.05. The Hall–Kier alpha value is -3.28. The third kappa shape index (κ3) is 3.70. The lowest BCUT2D eigenvalue weighted by molar-refractivity contribution is 0.589. The zero-order valence-corrected chi connectivity index (χ0v) is 17.8. The van der Waals surface area contributed by atoms with E-state index < -0.39 is 0 Å². The van der Waals surface area contributed by atoms with Gasteiger partial charge in [-0.2, -0.15) is 5.10 Å². The van der Waals surface area contributed by atoms with Gasteiger partial charge in [-0.25, -0.2) is 9.98 Å². The average molecular weight is 387 g/mol. The van der Waals surface area contributed by atoms with Crippen molar-refractivity contribution in [2.75, 3.05) is 19.0 Å². The van der Waals surface area contributed by atoms with Crippen molar-refractivity contribution in [2.24, 2.45) is 15.5 Å². The third-order valence-electron chi connectivity index (χ3n) is 4.85. The highest BCUT2D eigenvalue weighted by molar-refractivity contribution is 6.50. The molecule has 1 aliphatic rings. The molecule has 0 saturated carbocycles. The molecule has 3 aromatic rings. The quantitative estimate of drug-likeness (QED) is 0.655. The highest BCUT2D eigenvalue weighted by atomic mass is 15.6. The van der Waals surface area contributed by atoms with Crippen LogP contribution >= 0.6 is 0 Å². The standard InChI is InChI=1S/C23H26N6/c1-15-7-9-16(10-8-15)21-25-22-19(20(23(2,3)4)26-29(22)27-21)24-17-11-13-18(14-12-17)28(5)6/h7-14H,1-6H3. The second kappa shape index (κ2) is 6.95. The number of fused-ring (bicyclic) bond motifs is 1. The molecule has 0 radical (unpaired) electrons. The molecule has 148 valence electrons. The van der Waals surface area contributed by atoms with Crippen molar-refractivity contribution < 1.29 is 0 Å². The van der Waals surface area contributed by atoms with Gasteiger partial charge in [-0.3, -0.25) is 0 Å². The summed E-state index contributed by atoms with van der Waals surface area (Å²) in [6, 6.07) is 16.3. The monoisotopic (exact) mass is 386 g/mol. The second-order valence-electron chi connectivity index (χ2n) is 8.58. The van der Waals surface area contributed by atoms with Crippen LogP contribution in [0.2, 0.25) is 0 Å². The van der Waals surface area contributed by atoms with Gasteiger partial charge in [0.25, 0.3) is 0 Å². The summed E-state index contributed by atoms with van der Waals surface area (Å²) in [6.45, 7) is 8.45. The molecule has 6 nitrogen and oxygen atoms in total. The number of anilines is 1. The minimum Gasteiger partial charge on any atom is -0.378 e. The van der Waals surface area contributed by atoms with E-state index in [2.05, 4.69) is 62.0 Å². The molecule has 2 aromatic carbocycles. The number of rotatable bonds is 3. The molecular weight excluding hydrogens is 360 g/mol. The molecule has 0 bridgehead atoms. The molecule has 4 rings (SSSR count). The first-order chi connectivity index (χ1) is 13.7. The van der Waals surface area contributed by atoms with Gasteiger partial charge in [-0.1, -0.05) is 50.6 Å². The maximum absolute atomic E-state index is 4.91. The lowest BCUT2D eigenvalue weighted by Crippen LogP contribution is -2.27. The molecule has 1 aliphatic heterocycles. The predicted molar refractivity (Wildman–Crippen MR) is 119 cm³/mol. The molecule has 29 heavy (non-hydrogen) atoms. The van der Waals surface area contributed by atoms with Gasteiger partial charge in [0.05, 0.1) is 11.4 Å². The lowest BCUT2D eigenvalue weighted by Gasteiger charge is -2.18. The largest absolute Gasteiger partial charge is 0.378 e. The number of nitrogens with zero attached hydrogens (tertiary/aromatic N) is 6. The molecule has 0 atom stereocenters. The maximum atomic E-state index is 4.91. The maximum Gasteiger partial charge on any atom is 0.204 e. The van der Waals surface area contributed by atoms with Gasteiger partial charge in [-0.15, -0.1) is 9.89 Å². The van der Waals surface area contributed by atoms with Crippen LogP contribution in [0, 0.1) is 12.3 Å². The minimum atomic E-state index is -0.172. The summed E-state index contributed by atoms with van der Waals surface area (Å²) in [5, 5.41) is 9.34. The van der Waals surface area contributed by atoms with Crippen LogP contribution in [0.4, 0.5) is 11.4 Å². The van der Waals surface area contributed by atoms with Crippen molar-refractivity contribution in [3.8, 4) is 11.4 Å². The van der Waals surface area contributed by atoms with E-state index in [1.807, 2.05) is 38.4 Å².